The largest absolute Gasteiger partial charge is 0.472 e. The number of hydrogen-bond donors (Lipinski definition) is 0. The van der Waals surface area contributed by atoms with E-state index in [1.165, 1.54) is 12.5 Å². The summed E-state index contributed by atoms with van der Waals surface area (Å²) in [6, 6.07) is 7.51. The summed E-state index contributed by atoms with van der Waals surface area (Å²) in [5, 5.41) is 0. The van der Waals surface area contributed by atoms with Gasteiger partial charge >= 0.3 is 0 Å². The molecule has 15 heavy (non-hydrogen) atoms. The average Bonchev–Trinajstić information content (AvgIpc) is 2.67. The summed E-state index contributed by atoms with van der Waals surface area (Å²) in [5.74, 6) is 0.00977. The van der Waals surface area contributed by atoms with E-state index in [9.17, 15) is 4.79 Å². The van der Waals surface area contributed by atoms with Crippen LogP contribution in [0.3, 0.4) is 0 Å². The predicted molar refractivity (Wildman–Crippen MR) is 58.1 cm³/mol. The Hall–Kier alpha value is -1.83. The summed E-state index contributed by atoms with van der Waals surface area (Å²) in [4.78, 5) is 12.0. The molecule has 2 rings (SSSR count). The molecule has 0 saturated carbocycles. The topological polar surface area (TPSA) is 30.2 Å². The Bertz CT molecular complexity index is 461. The van der Waals surface area contributed by atoms with Crippen LogP contribution in [0.25, 0.3) is 0 Å². The third-order valence-corrected chi connectivity index (χ3v) is 2.27. The van der Waals surface area contributed by atoms with Gasteiger partial charge in [-0.15, -0.1) is 0 Å². The third kappa shape index (κ3) is 1.99. The van der Waals surface area contributed by atoms with Gasteiger partial charge in [-0.05, 0) is 32.0 Å². The van der Waals surface area contributed by atoms with E-state index in [1.54, 1.807) is 6.07 Å². The minimum atomic E-state index is 0.00977. The van der Waals surface area contributed by atoms with Gasteiger partial charge < -0.3 is 4.42 Å². The Kier molecular flexibility index (Phi) is 2.42. The van der Waals surface area contributed by atoms with E-state index in [4.69, 9.17) is 4.42 Å². The number of carbonyl (C=O) groups excluding carboxylic acids is 1. The predicted octanol–water partition coefficient (Wildman–Crippen LogP) is 3.13. The zero-order valence-corrected chi connectivity index (χ0v) is 8.78. The van der Waals surface area contributed by atoms with E-state index in [0.29, 0.717) is 11.1 Å². The smallest absolute Gasteiger partial charge is 0.196 e. The van der Waals surface area contributed by atoms with E-state index < -0.39 is 0 Å². The molecule has 0 spiro atoms. The van der Waals surface area contributed by atoms with Crippen molar-refractivity contribution in [2.24, 2.45) is 0 Å². The lowest BCUT2D eigenvalue weighted by atomic mass is 10.0. The molecule has 0 N–H and O–H groups in total. The molecule has 2 heteroatoms. The molecule has 2 aromatic rings. The number of benzene rings is 1. The van der Waals surface area contributed by atoms with Crippen molar-refractivity contribution in [3.63, 3.8) is 0 Å². The third-order valence-electron chi connectivity index (χ3n) is 2.27. The van der Waals surface area contributed by atoms with Crippen molar-refractivity contribution in [1.29, 1.82) is 0 Å². The second-order valence-electron chi connectivity index (χ2n) is 3.72. The number of furan rings is 1. The van der Waals surface area contributed by atoms with Gasteiger partial charge in [0.25, 0.3) is 0 Å². The SMILES string of the molecule is Cc1cc(C)cc(C(=O)c2ccoc2)c1. The Morgan fingerprint density at radius 1 is 1.07 bits per heavy atom. The molecule has 1 aromatic heterocycles. The molecule has 2 nitrogen and oxygen atoms in total. The Morgan fingerprint density at radius 3 is 2.27 bits per heavy atom. The molecule has 0 aliphatic carbocycles. The van der Waals surface area contributed by atoms with Crippen molar-refractivity contribution in [3.05, 3.63) is 59.0 Å². The maximum Gasteiger partial charge on any atom is 0.196 e. The number of carbonyl (C=O) groups is 1. The summed E-state index contributed by atoms with van der Waals surface area (Å²) in [6.07, 6.45) is 2.98. The Labute approximate surface area is 88.5 Å². The fourth-order valence-electron chi connectivity index (χ4n) is 1.67. The van der Waals surface area contributed by atoms with E-state index in [2.05, 4.69) is 0 Å². The molecule has 0 aliphatic rings. The van der Waals surface area contributed by atoms with Crippen molar-refractivity contribution in [2.75, 3.05) is 0 Å². The van der Waals surface area contributed by atoms with Crippen LogP contribution in [0.2, 0.25) is 0 Å². The monoisotopic (exact) mass is 200 g/mol. The summed E-state index contributed by atoms with van der Waals surface area (Å²) in [7, 11) is 0. The molecule has 0 atom stereocenters. The summed E-state index contributed by atoms with van der Waals surface area (Å²) >= 11 is 0. The first-order valence-corrected chi connectivity index (χ1v) is 4.82. The molecule has 0 aliphatic heterocycles. The molecule has 0 unspecified atom stereocenters. The molecule has 0 bridgehead atoms. The Morgan fingerprint density at radius 2 is 1.73 bits per heavy atom. The van der Waals surface area contributed by atoms with Crippen molar-refractivity contribution in [1.82, 2.24) is 0 Å². The second-order valence-corrected chi connectivity index (χ2v) is 3.72. The minimum absolute atomic E-state index is 0.00977. The van der Waals surface area contributed by atoms with Gasteiger partial charge in [0.1, 0.15) is 6.26 Å². The highest BCUT2D eigenvalue weighted by Crippen LogP contribution is 2.14. The van der Waals surface area contributed by atoms with Crippen LogP contribution >= 0.6 is 0 Å². The van der Waals surface area contributed by atoms with Crippen LogP contribution in [0.15, 0.2) is 41.2 Å². The lowest BCUT2D eigenvalue weighted by molar-refractivity contribution is 0.103. The highest BCUT2D eigenvalue weighted by molar-refractivity contribution is 6.08. The zero-order chi connectivity index (χ0) is 10.8. The van der Waals surface area contributed by atoms with Gasteiger partial charge in [0.15, 0.2) is 5.78 Å². The highest BCUT2D eigenvalue weighted by atomic mass is 16.3. The zero-order valence-electron chi connectivity index (χ0n) is 8.78. The van der Waals surface area contributed by atoms with Crippen LogP contribution in [-0.2, 0) is 0 Å². The molecule has 0 radical (unpaired) electrons. The van der Waals surface area contributed by atoms with Crippen molar-refractivity contribution in [2.45, 2.75) is 13.8 Å². The fourth-order valence-corrected chi connectivity index (χ4v) is 1.67. The van der Waals surface area contributed by atoms with Crippen LogP contribution in [0.4, 0.5) is 0 Å². The number of aryl methyl sites for hydroxylation is 2. The van der Waals surface area contributed by atoms with Crippen LogP contribution in [0, 0.1) is 13.8 Å². The summed E-state index contributed by atoms with van der Waals surface area (Å²) < 4.78 is 4.90. The minimum Gasteiger partial charge on any atom is -0.472 e. The van der Waals surface area contributed by atoms with E-state index in [1.807, 2.05) is 32.0 Å². The Balaban J connectivity index is 2.42. The van der Waals surface area contributed by atoms with Crippen LogP contribution in [0.5, 0.6) is 0 Å². The fraction of sp³-hybridized carbons (Fsp3) is 0.154. The first-order valence-electron chi connectivity index (χ1n) is 4.82. The molecule has 1 aromatic carbocycles. The number of hydrogen-bond acceptors (Lipinski definition) is 2. The van der Waals surface area contributed by atoms with Crippen molar-refractivity contribution >= 4 is 5.78 Å². The van der Waals surface area contributed by atoms with Gasteiger partial charge in [0.2, 0.25) is 0 Å². The lowest BCUT2D eigenvalue weighted by Crippen LogP contribution is -2.00. The number of rotatable bonds is 2. The molecule has 76 valence electrons. The summed E-state index contributed by atoms with van der Waals surface area (Å²) in [6.45, 7) is 3.97. The van der Waals surface area contributed by atoms with Crippen LogP contribution in [-0.4, -0.2) is 5.78 Å². The van der Waals surface area contributed by atoms with Crippen molar-refractivity contribution in [3.8, 4) is 0 Å². The van der Waals surface area contributed by atoms with Gasteiger partial charge in [0.05, 0.1) is 11.8 Å². The van der Waals surface area contributed by atoms with Crippen LogP contribution < -0.4 is 0 Å². The first kappa shape index (κ1) is 9.71. The highest BCUT2D eigenvalue weighted by Gasteiger charge is 2.10. The molecular formula is C13H12O2. The standard InChI is InChI=1S/C13H12O2/c1-9-5-10(2)7-12(6-9)13(14)11-3-4-15-8-11/h3-8H,1-2H3. The van der Waals surface area contributed by atoms with E-state index >= 15 is 0 Å². The normalized spacial score (nSPS) is 10.3. The molecular weight excluding hydrogens is 188 g/mol. The molecule has 0 saturated heterocycles. The van der Waals surface area contributed by atoms with Gasteiger partial charge in [-0.25, -0.2) is 0 Å². The average molecular weight is 200 g/mol. The van der Waals surface area contributed by atoms with Gasteiger partial charge in [-0.2, -0.15) is 0 Å². The van der Waals surface area contributed by atoms with E-state index in [-0.39, 0.29) is 5.78 Å². The van der Waals surface area contributed by atoms with Crippen molar-refractivity contribution < 1.29 is 9.21 Å². The first-order chi connectivity index (χ1) is 7.16. The van der Waals surface area contributed by atoms with E-state index in [0.717, 1.165) is 11.1 Å². The second kappa shape index (κ2) is 3.73. The molecule has 1 heterocycles. The quantitative estimate of drug-likeness (QED) is 0.697. The van der Waals surface area contributed by atoms with Gasteiger partial charge in [-0.1, -0.05) is 17.2 Å². The summed E-state index contributed by atoms with van der Waals surface area (Å²) in [5.41, 5.74) is 3.51. The van der Waals surface area contributed by atoms with Gasteiger partial charge in [0, 0.05) is 5.56 Å². The lowest BCUT2D eigenvalue weighted by Gasteiger charge is -2.02. The molecule has 0 amide bonds. The van der Waals surface area contributed by atoms with Gasteiger partial charge in [-0.3, -0.25) is 4.79 Å². The van der Waals surface area contributed by atoms with Crippen LogP contribution in [0.1, 0.15) is 27.0 Å². The number of ketones is 1. The molecule has 0 fully saturated rings. The maximum absolute atomic E-state index is 12.0. The maximum atomic E-state index is 12.0.